The van der Waals surface area contributed by atoms with Crippen molar-refractivity contribution in [3.63, 3.8) is 0 Å². The van der Waals surface area contributed by atoms with Gasteiger partial charge in [-0.05, 0) is 23.6 Å². The van der Waals surface area contributed by atoms with Gasteiger partial charge in [-0.25, -0.2) is 4.98 Å². The molecular formula is C19H15N5O. The lowest BCUT2D eigenvalue weighted by Gasteiger charge is -2.13. The zero-order valence-corrected chi connectivity index (χ0v) is 13.3. The third kappa shape index (κ3) is 3.05. The Balaban J connectivity index is 1.68. The van der Waals surface area contributed by atoms with E-state index < -0.39 is 0 Å². The molecule has 0 aliphatic rings. The zero-order chi connectivity index (χ0) is 17.1. The van der Waals surface area contributed by atoms with Crippen LogP contribution in [0.3, 0.4) is 0 Å². The van der Waals surface area contributed by atoms with Crippen LogP contribution in [0.2, 0.25) is 0 Å². The van der Waals surface area contributed by atoms with Crippen molar-refractivity contribution in [2.75, 3.05) is 11.1 Å². The Kier molecular flexibility index (Phi) is 3.84. The molecule has 6 nitrogen and oxygen atoms in total. The van der Waals surface area contributed by atoms with E-state index in [1.807, 2.05) is 30.3 Å². The fraction of sp³-hybridized carbons (Fsp3) is 0. The van der Waals surface area contributed by atoms with Crippen LogP contribution in [0.1, 0.15) is 0 Å². The summed E-state index contributed by atoms with van der Waals surface area (Å²) in [5.41, 5.74) is 7.44. The van der Waals surface area contributed by atoms with E-state index in [0.717, 1.165) is 16.5 Å². The number of rotatable bonds is 4. The lowest BCUT2D eigenvalue weighted by atomic mass is 10.1. The minimum atomic E-state index is 0.283. The van der Waals surface area contributed by atoms with Crippen molar-refractivity contribution >= 4 is 28.0 Å². The Bertz CT molecular complexity index is 1020. The molecule has 3 N–H and O–H groups in total. The number of nitrogens with one attached hydrogen (secondary N) is 1. The molecule has 0 radical (unpaired) electrons. The minimum Gasteiger partial charge on any atom is -0.435 e. The second-order valence-corrected chi connectivity index (χ2v) is 5.38. The topological polar surface area (TPSA) is 86.0 Å². The molecule has 0 unspecified atom stereocenters. The smallest absolute Gasteiger partial charge is 0.248 e. The van der Waals surface area contributed by atoms with Crippen molar-refractivity contribution in [1.82, 2.24) is 15.0 Å². The first-order chi connectivity index (χ1) is 12.3. The van der Waals surface area contributed by atoms with E-state index in [0.29, 0.717) is 17.3 Å². The number of aromatic nitrogens is 3. The summed E-state index contributed by atoms with van der Waals surface area (Å²) in [7, 11) is 0. The SMILES string of the molecule is Nc1c(Nc2cccc3ccccc23)ncnc1Oc1cccnc1. The third-order valence-corrected chi connectivity index (χ3v) is 3.74. The van der Waals surface area contributed by atoms with Crippen molar-refractivity contribution < 1.29 is 4.74 Å². The van der Waals surface area contributed by atoms with Gasteiger partial charge in [0.05, 0.1) is 6.20 Å². The summed E-state index contributed by atoms with van der Waals surface area (Å²) in [6, 6.07) is 17.7. The second kappa shape index (κ2) is 6.45. The molecular weight excluding hydrogens is 314 g/mol. The molecule has 0 aliphatic heterocycles. The average molecular weight is 329 g/mol. The van der Waals surface area contributed by atoms with Gasteiger partial charge >= 0.3 is 0 Å². The molecule has 2 aromatic carbocycles. The molecule has 0 saturated carbocycles. The van der Waals surface area contributed by atoms with Crippen LogP contribution >= 0.6 is 0 Å². The number of anilines is 3. The van der Waals surface area contributed by atoms with E-state index in [1.165, 1.54) is 6.33 Å². The molecule has 0 bridgehead atoms. The van der Waals surface area contributed by atoms with Crippen LogP contribution in [-0.4, -0.2) is 15.0 Å². The lowest BCUT2D eigenvalue weighted by molar-refractivity contribution is 0.462. The molecule has 4 aromatic rings. The first kappa shape index (κ1) is 14.9. The predicted molar refractivity (Wildman–Crippen MR) is 98.0 cm³/mol. The van der Waals surface area contributed by atoms with Crippen LogP contribution in [0.4, 0.5) is 17.2 Å². The highest BCUT2D eigenvalue weighted by Gasteiger charge is 2.11. The van der Waals surface area contributed by atoms with Crippen molar-refractivity contribution in [3.05, 3.63) is 73.3 Å². The first-order valence-electron chi connectivity index (χ1n) is 7.74. The first-order valence-corrected chi connectivity index (χ1v) is 7.74. The van der Waals surface area contributed by atoms with Gasteiger partial charge in [-0.2, -0.15) is 4.98 Å². The zero-order valence-electron chi connectivity index (χ0n) is 13.3. The molecule has 2 heterocycles. The van der Waals surface area contributed by atoms with E-state index >= 15 is 0 Å². The van der Waals surface area contributed by atoms with Crippen LogP contribution < -0.4 is 15.8 Å². The molecule has 0 amide bonds. The normalized spacial score (nSPS) is 10.6. The summed E-state index contributed by atoms with van der Waals surface area (Å²) in [5, 5.41) is 5.48. The van der Waals surface area contributed by atoms with Crippen LogP contribution in [-0.2, 0) is 0 Å². The predicted octanol–water partition coefficient (Wildman–Crippen LogP) is 4.14. The van der Waals surface area contributed by atoms with E-state index in [-0.39, 0.29) is 5.88 Å². The number of nitrogen functional groups attached to an aromatic ring is 1. The summed E-state index contributed by atoms with van der Waals surface area (Å²) in [6.45, 7) is 0. The van der Waals surface area contributed by atoms with E-state index in [9.17, 15) is 0 Å². The molecule has 0 atom stereocenters. The summed E-state index contributed by atoms with van der Waals surface area (Å²) in [5.74, 6) is 1.33. The minimum absolute atomic E-state index is 0.283. The van der Waals surface area contributed by atoms with Crippen molar-refractivity contribution in [1.29, 1.82) is 0 Å². The van der Waals surface area contributed by atoms with Crippen molar-refractivity contribution in [2.24, 2.45) is 0 Å². The summed E-state index contributed by atoms with van der Waals surface area (Å²) in [4.78, 5) is 12.4. The van der Waals surface area contributed by atoms with Gasteiger partial charge in [-0.15, -0.1) is 0 Å². The van der Waals surface area contributed by atoms with Gasteiger partial charge in [0.25, 0.3) is 0 Å². The van der Waals surface area contributed by atoms with Crippen LogP contribution in [0.25, 0.3) is 10.8 Å². The molecule has 0 aliphatic carbocycles. The summed E-state index contributed by atoms with van der Waals surface area (Å²) < 4.78 is 5.70. The molecule has 0 saturated heterocycles. The second-order valence-electron chi connectivity index (χ2n) is 5.38. The third-order valence-electron chi connectivity index (χ3n) is 3.74. The largest absolute Gasteiger partial charge is 0.435 e. The Morgan fingerprint density at radius 2 is 1.80 bits per heavy atom. The Labute approximate surface area is 144 Å². The monoisotopic (exact) mass is 329 g/mol. The lowest BCUT2D eigenvalue weighted by Crippen LogP contribution is -2.03. The number of pyridine rings is 1. The van der Waals surface area contributed by atoms with Crippen molar-refractivity contribution in [2.45, 2.75) is 0 Å². The highest BCUT2D eigenvalue weighted by Crippen LogP contribution is 2.32. The van der Waals surface area contributed by atoms with Gasteiger partial charge in [0, 0.05) is 17.3 Å². The maximum absolute atomic E-state index is 6.19. The molecule has 4 rings (SSSR count). The fourth-order valence-electron chi connectivity index (χ4n) is 2.54. The molecule has 122 valence electrons. The van der Waals surface area contributed by atoms with Crippen molar-refractivity contribution in [3.8, 4) is 11.6 Å². The van der Waals surface area contributed by atoms with Gasteiger partial charge < -0.3 is 15.8 Å². The van der Waals surface area contributed by atoms with Gasteiger partial charge in [-0.1, -0.05) is 36.4 Å². The Hall–Kier alpha value is -3.67. The van der Waals surface area contributed by atoms with E-state index in [1.54, 1.807) is 24.5 Å². The number of benzene rings is 2. The molecule has 2 aromatic heterocycles. The van der Waals surface area contributed by atoms with Gasteiger partial charge in [0.1, 0.15) is 17.8 Å². The van der Waals surface area contributed by atoms with Gasteiger partial charge in [0.15, 0.2) is 5.82 Å². The molecule has 6 heteroatoms. The highest BCUT2D eigenvalue weighted by molar-refractivity contribution is 5.95. The Morgan fingerprint density at radius 3 is 2.68 bits per heavy atom. The highest BCUT2D eigenvalue weighted by atomic mass is 16.5. The average Bonchev–Trinajstić information content (AvgIpc) is 2.66. The van der Waals surface area contributed by atoms with Gasteiger partial charge in [0.2, 0.25) is 5.88 Å². The number of nitrogens with two attached hydrogens (primary N) is 1. The number of hydrogen-bond donors (Lipinski definition) is 2. The number of ether oxygens (including phenoxy) is 1. The maximum Gasteiger partial charge on any atom is 0.248 e. The summed E-state index contributed by atoms with van der Waals surface area (Å²) >= 11 is 0. The quantitative estimate of drug-likeness (QED) is 0.585. The molecule has 0 fully saturated rings. The van der Waals surface area contributed by atoms with E-state index in [2.05, 4.69) is 32.4 Å². The molecule has 25 heavy (non-hydrogen) atoms. The van der Waals surface area contributed by atoms with E-state index in [4.69, 9.17) is 10.5 Å². The Morgan fingerprint density at radius 1 is 0.920 bits per heavy atom. The standard InChI is InChI=1S/C19H15N5O/c20-17-18(22-12-23-19(17)25-14-7-4-10-21-11-14)24-16-9-3-6-13-5-1-2-8-15(13)16/h1-12H,20H2,(H,22,23,24). The number of hydrogen-bond acceptors (Lipinski definition) is 6. The number of nitrogens with zero attached hydrogens (tertiary/aromatic N) is 3. The number of fused-ring (bicyclic) bond motifs is 1. The summed E-state index contributed by atoms with van der Waals surface area (Å²) in [6.07, 6.45) is 4.68. The van der Waals surface area contributed by atoms with Crippen LogP contribution in [0.5, 0.6) is 11.6 Å². The molecule has 0 spiro atoms. The van der Waals surface area contributed by atoms with Gasteiger partial charge in [-0.3, -0.25) is 4.98 Å². The maximum atomic E-state index is 6.19. The van der Waals surface area contributed by atoms with Crippen LogP contribution in [0, 0.1) is 0 Å². The van der Waals surface area contributed by atoms with Crippen LogP contribution in [0.15, 0.2) is 73.3 Å². The fourth-order valence-corrected chi connectivity index (χ4v) is 2.54.